The number of fused-ring (bicyclic) bond motifs is 2. The predicted octanol–water partition coefficient (Wildman–Crippen LogP) is 1.06. The minimum atomic E-state index is 0.267. The predicted molar refractivity (Wildman–Crippen MR) is 43.4 cm³/mol. The van der Waals surface area contributed by atoms with Gasteiger partial charge in [-0.1, -0.05) is 6.92 Å². The Hall–Kier alpha value is -0.370. The van der Waals surface area contributed by atoms with E-state index in [0.29, 0.717) is 11.8 Å². The van der Waals surface area contributed by atoms with Crippen molar-refractivity contribution in [1.82, 2.24) is 4.90 Å². The summed E-state index contributed by atoms with van der Waals surface area (Å²) in [5, 5.41) is 0. The van der Waals surface area contributed by atoms with Gasteiger partial charge >= 0.3 is 0 Å². The zero-order chi connectivity index (χ0) is 8.01. The van der Waals surface area contributed by atoms with E-state index in [1.165, 1.54) is 0 Å². The normalized spacial score (nSPS) is 44.9. The Kier molecular flexibility index (Phi) is 1.53. The van der Waals surface area contributed by atoms with Gasteiger partial charge in [-0.25, -0.2) is 0 Å². The highest BCUT2D eigenvalue weighted by Gasteiger charge is 2.43. The van der Waals surface area contributed by atoms with Gasteiger partial charge in [0.15, 0.2) is 0 Å². The molecule has 0 radical (unpaired) electrons. The minimum Gasteiger partial charge on any atom is -0.298 e. The number of ketones is 1. The molecule has 0 aromatic heterocycles. The van der Waals surface area contributed by atoms with Gasteiger partial charge in [0.25, 0.3) is 0 Å². The molecule has 0 amide bonds. The van der Waals surface area contributed by atoms with E-state index >= 15 is 0 Å². The van der Waals surface area contributed by atoms with Crippen LogP contribution < -0.4 is 0 Å². The Morgan fingerprint density at radius 3 is 2.91 bits per heavy atom. The van der Waals surface area contributed by atoms with Crippen molar-refractivity contribution in [2.24, 2.45) is 5.92 Å². The van der Waals surface area contributed by atoms with Crippen LogP contribution in [0.25, 0.3) is 0 Å². The van der Waals surface area contributed by atoms with Crippen molar-refractivity contribution in [3.8, 4) is 0 Å². The zero-order valence-electron chi connectivity index (χ0n) is 7.21. The van der Waals surface area contributed by atoms with Gasteiger partial charge in [0.05, 0.1) is 6.04 Å². The summed E-state index contributed by atoms with van der Waals surface area (Å²) >= 11 is 0. The monoisotopic (exact) mass is 153 g/mol. The molecule has 0 aliphatic carbocycles. The number of hydrogen-bond acceptors (Lipinski definition) is 2. The van der Waals surface area contributed by atoms with Gasteiger partial charge in [-0.15, -0.1) is 0 Å². The summed E-state index contributed by atoms with van der Waals surface area (Å²) in [5.74, 6) is 1.20. The minimum absolute atomic E-state index is 0.267. The molecule has 2 aliphatic heterocycles. The average molecular weight is 153 g/mol. The van der Waals surface area contributed by atoms with E-state index in [2.05, 4.69) is 18.9 Å². The maximum absolute atomic E-state index is 11.4. The van der Waals surface area contributed by atoms with Crippen LogP contribution in [-0.4, -0.2) is 29.8 Å². The summed E-state index contributed by atoms with van der Waals surface area (Å²) in [7, 11) is 2.09. The summed E-state index contributed by atoms with van der Waals surface area (Å²) in [6.07, 6.45) is 3.01. The van der Waals surface area contributed by atoms with E-state index in [9.17, 15) is 4.79 Å². The smallest absolute Gasteiger partial charge is 0.150 e. The number of rotatable bonds is 0. The molecular formula is C9H15NO. The van der Waals surface area contributed by atoms with Crippen LogP contribution in [0.3, 0.4) is 0 Å². The molecule has 62 valence electrons. The molecule has 2 saturated heterocycles. The zero-order valence-corrected chi connectivity index (χ0v) is 7.21. The van der Waals surface area contributed by atoms with E-state index in [0.717, 1.165) is 25.2 Å². The third-order valence-corrected chi connectivity index (χ3v) is 3.32. The Morgan fingerprint density at radius 1 is 1.55 bits per heavy atom. The molecule has 0 aromatic carbocycles. The second-order valence-electron chi connectivity index (χ2n) is 3.97. The van der Waals surface area contributed by atoms with Gasteiger partial charge < -0.3 is 0 Å². The van der Waals surface area contributed by atoms with E-state index < -0.39 is 0 Å². The second kappa shape index (κ2) is 2.31. The molecule has 2 aliphatic rings. The molecule has 0 saturated carbocycles. The first-order valence-corrected chi connectivity index (χ1v) is 4.45. The lowest BCUT2D eigenvalue weighted by molar-refractivity contribution is -0.125. The van der Waals surface area contributed by atoms with Crippen LogP contribution in [0.5, 0.6) is 0 Å². The SMILES string of the molecule is C[C@H]1C[C@@H]2C(=O)CC[C@H]1N2C. The molecule has 0 spiro atoms. The third kappa shape index (κ3) is 0.924. The first-order valence-electron chi connectivity index (χ1n) is 4.45. The lowest BCUT2D eigenvalue weighted by atomic mass is 10.00. The molecule has 11 heavy (non-hydrogen) atoms. The van der Waals surface area contributed by atoms with Crippen molar-refractivity contribution in [2.45, 2.75) is 38.3 Å². The Balaban J connectivity index is 2.23. The van der Waals surface area contributed by atoms with E-state index in [1.54, 1.807) is 0 Å². The molecule has 2 nitrogen and oxygen atoms in total. The van der Waals surface area contributed by atoms with Crippen LogP contribution in [0.1, 0.15) is 26.2 Å². The van der Waals surface area contributed by atoms with Crippen LogP contribution >= 0.6 is 0 Å². The molecule has 2 rings (SSSR count). The van der Waals surface area contributed by atoms with Crippen LogP contribution in [0, 0.1) is 5.92 Å². The maximum atomic E-state index is 11.4. The van der Waals surface area contributed by atoms with Crippen LogP contribution in [-0.2, 0) is 4.79 Å². The fraction of sp³-hybridized carbons (Fsp3) is 0.889. The summed E-state index contributed by atoms with van der Waals surface area (Å²) in [5.41, 5.74) is 0. The van der Waals surface area contributed by atoms with Crippen molar-refractivity contribution >= 4 is 5.78 Å². The van der Waals surface area contributed by atoms with Crippen molar-refractivity contribution in [3.05, 3.63) is 0 Å². The third-order valence-electron chi connectivity index (χ3n) is 3.32. The highest BCUT2D eigenvalue weighted by atomic mass is 16.1. The first-order chi connectivity index (χ1) is 5.20. The number of carbonyl (C=O) groups is 1. The number of Topliss-reactive ketones (excluding diaryl/α,β-unsaturated/α-hetero) is 1. The first kappa shape index (κ1) is 7.29. The molecule has 0 aromatic rings. The largest absolute Gasteiger partial charge is 0.298 e. The topological polar surface area (TPSA) is 20.3 Å². The van der Waals surface area contributed by atoms with Crippen molar-refractivity contribution in [1.29, 1.82) is 0 Å². The summed E-state index contributed by atoms with van der Waals surface area (Å²) in [4.78, 5) is 13.6. The highest BCUT2D eigenvalue weighted by molar-refractivity contribution is 5.85. The average Bonchev–Trinajstić information content (AvgIpc) is 2.12. The molecule has 2 fully saturated rings. The maximum Gasteiger partial charge on any atom is 0.150 e. The molecule has 0 unspecified atom stereocenters. The van der Waals surface area contributed by atoms with Crippen LogP contribution in [0.2, 0.25) is 0 Å². The number of piperidine rings is 1. The fourth-order valence-electron chi connectivity index (χ4n) is 2.61. The highest BCUT2D eigenvalue weighted by Crippen LogP contribution is 2.36. The summed E-state index contributed by atoms with van der Waals surface area (Å²) in [6.45, 7) is 2.26. The lowest BCUT2D eigenvalue weighted by Crippen LogP contribution is -2.42. The molecule has 3 atom stereocenters. The van der Waals surface area contributed by atoms with E-state index in [4.69, 9.17) is 0 Å². The van der Waals surface area contributed by atoms with Gasteiger partial charge in [-0.2, -0.15) is 0 Å². The Bertz CT molecular complexity index is 190. The van der Waals surface area contributed by atoms with Gasteiger partial charge in [0.2, 0.25) is 0 Å². The van der Waals surface area contributed by atoms with Gasteiger partial charge in [0.1, 0.15) is 5.78 Å². The van der Waals surface area contributed by atoms with E-state index in [1.807, 2.05) is 0 Å². The number of carbonyl (C=O) groups excluding carboxylic acids is 1. The number of nitrogens with zero attached hydrogens (tertiary/aromatic N) is 1. The van der Waals surface area contributed by atoms with Crippen molar-refractivity contribution < 1.29 is 4.79 Å². The van der Waals surface area contributed by atoms with Crippen molar-refractivity contribution in [2.75, 3.05) is 7.05 Å². The molecule has 2 heteroatoms. The molecule has 2 heterocycles. The molecule has 0 N–H and O–H groups in total. The van der Waals surface area contributed by atoms with Gasteiger partial charge in [-0.05, 0) is 25.8 Å². The van der Waals surface area contributed by atoms with Crippen molar-refractivity contribution in [3.63, 3.8) is 0 Å². The number of likely N-dealkylation sites (N-methyl/N-ethyl adjacent to an activating group) is 1. The van der Waals surface area contributed by atoms with Crippen LogP contribution in [0.4, 0.5) is 0 Å². The lowest BCUT2D eigenvalue weighted by Gasteiger charge is -2.30. The fourth-order valence-corrected chi connectivity index (χ4v) is 2.61. The Morgan fingerprint density at radius 2 is 2.27 bits per heavy atom. The molecule has 2 bridgehead atoms. The number of hydrogen-bond donors (Lipinski definition) is 0. The van der Waals surface area contributed by atoms with Gasteiger partial charge in [0, 0.05) is 12.5 Å². The summed E-state index contributed by atoms with van der Waals surface area (Å²) < 4.78 is 0. The quantitative estimate of drug-likeness (QED) is 0.518. The van der Waals surface area contributed by atoms with Crippen LogP contribution in [0.15, 0.2) is 0 Å². The summed E-state index contributed by atoms with van der Waals surface area (Å²) in [6, 6.07) is 0.960. The van der Waals surface area contributed by atoms with E-state index in [-0.39, 0.29) is 6.04 Å². The van der Waals surface area contributed by atoms with Gasteiger partial charge in [-0.3, -0.25) is 9.69 Å². The Labute approximate surface area is 67.6 Å². The molecular weight excluding hydrogens is 138 g/mol. The second-order valence-corrected chi connectivity index (χ2v) is 3.97. The standard InChI is InChI=1S/C9H15NO/c1-6-5-8-9(11)4-3-7(6)10(8)2/h6-8H,3-5H2,1-2H3/t6-,7+,8+/m0/s1.